The number of Topliss-reactive ketones (excluding diaryl/α,β-unsaturated/α-hetero) is 1. The van der Waals surface area contributed by atoms with Crippen molar-refractivity contribution >= 4 is 29.0 Å². The first-order chi connectivity index (χ1) is 19.0. The zero-order chi connectivity index (χ0) is 27.7. The number of phenols is 1. The van der Waals surface area contributed by atoms with Crippen molar-refractivity contribution in [2.45, 2.75) is 59.0 Å². The number of ether oxygens (including phenoxy) is 1. The lowest BCUT2D eigenvalue weighted by Crippen LogP contribution is -2.33. The van der Waals surface area contributed by atoms with Crippen LogP contribution >= 0.6 is 7.26 Å². The van der Waals surface area contributed by atoms with E-state index in [1.54, 1.807) is 6.07 Å². The van der Waals surface area contributed by atoms with E-state index in [2.05, 4.69) is 105 Å². The monoisotopic (exact) mass is 539 g/mol. The van der Waals surface area contributed by atoms with Crippen LogP contribution in [0.5, 0.6) is 11.5 Å². The van der Waals surface area contributed by atoms with Crippen molar-refractivity contribution in [1.82, 2.24) is 0 Å². The molecule has 0 radical (unpaired) electrons. The van der Waals surface area contributed by atoms with Crippen molar-refractivity contribution < 1.29 is 14.6 Å². The summed E-state index contributed by atoms with van der Waals surface area (Å²) in [4.78, 5) is 11.9. The van der Waals surface area contributed by atoms with Crippen LogP contribution < -0.4 is 20.7 Å². The molecule has 4 aromatic carbocycles. The Morgan fingerprint density at radius 3 is 1.77 bits per heavy atom. The molecule has 0 saturated carbocycles. The summed E-state index contributed by atoms with van der Waals surface area (Å²) in [5, 5.41) is 15.0. The zero-order valence-electron chi connectivity index (χ0n) is 23.3. The van der Waals surface area contributed by atoms with Crippen LogP contribution in [0.2, 0.25) is 0 Å². The van der Waals surface area contributed by atoms with Gasteiger partial charge in [-0.15, -0.1) is 0 Å². The molecule has 4 aromatic rings. The second-order valence-corrected chi connectivity index (χ2v) is 13.8. The van der Waals surface area contributed by atoms with E-state index in [-0.39, 0.29) is 17.6 Å². The molecule has 0 saturated heterocycles. The number of rotatable bonds is 13. The summed E-state index contributed by atoms with van der Waals surface area (Å²) in [6.07, 6.45) is 5.66. The zero-order valence-corrected chi connectivity index (χ0v) is 24.2. The Bertz CT molecular complexity index is 1240. The highest BCUT2D eigenvalue weighted by Gasteiger charge is 2.44. The quantitative estimate of drug-likeness (QED) is 0.109. The Morgan fingerprint density at radius 2 is 1.31 bits per heavy atom. The van der Waals surface area contributed by atoms with E-state index >= 15 is 0 Å². The van der Waals surface area contributed by atoms with Gasteiger partial charge in [-0.2, -0.15) is 0 Å². The van der Waals surface area contributed by atoms with Crippen molar-refractivity contribution in [3.05, 3.63) is 114 Å². The van der Waals surface area contributed by atoms with Gasteiger partial charge in [-0.3, -0.25) is 4.79 Å². The van der Waals surface area contributed by atoms with E-state index in [4.69, 9.17) is 4.74 Å². The van der Waals surface area contributed by atoms with E-state index in [0.29, 0.717) is 17.7 Å². The van der Waals surface area contributed by atoms with Crippen molar-refractivity contribution in [2.75, 3.05) is 6.16 Å². The van der Waals surface area contributed by atoms with Crippen LogP contribution in [0.4, 0.5) is 0 Å². The lowest BCUT2D eigenvalue weighted by atomic mass is 10.0. The fraction of sp³-hybridized carbons (Fsp3) is 0.286. The van der Waals surface area contributed by atoms with Crippen LogP contribution in [0.25, 0.3) is 0 Å². The molecule has 0 spiro atoms. The Hall–Kier alpha value is -3.42. The Kier molecular flexibility index (Phi) is 9.96. The lowest BCUT2D eigenvalue weighted by molar-refractivity contribution is 0.101. The molecule has 0 fully saturated rings. The molecule has 0 amide bonds. The Morgan fingerprint density at radius 1 is 0.795 bits per heavy atom. The standard InChI is InChI=1S/C35H39O3P/c1-4-16-33-34(25-24-32(28(3)36)35(33)37)38-27(2)17-14-15-26-39(29-18-8-5-9-19-29,30-20-10-6-11-21-30)31-22-12-7-13-23-31/h5-13,18-25,27H,4,14-17,26H2,1-3H3/p+1. The third kappa shape index (κ3) is 6.60. The average Bonchev–Trinajstić information content (AvgIpc) is 2.96. The molecule has 202 valence electrons. The predicted octanol–water partition coefficient (Wildman–Crippen LogP) is 7.48. The van der Waals surface area contributed by atoms with Gasteiger partial charge in [0.15, 0.2) is 5.78 Å². The van der Waals surface area contributed by atoms with Crippen LogP contribution in [0, 0.1) is 0 Å². The first-order valence-corrected chi connectivity index (χ1v) is 16.0. The molecule has 1 unspecified atom stereocenters. The fourth-order valence-corrected chi connectivity index (χ4v) is 9.85. The number of hydrogen-bond acceptors (Lipinski definition) is 3. The number of hydrogen-bond donors (Lipinski definition) is 1. The molecule has 0 heterocycles. The van der Waals surface area contributed by atoms with Gasteiger partial charge in [0, 0.05) is 5.56 Å². The number of carbonyl (C=O) groups is 1. The number of aromatic hydroxyl groups is 1. The third-order valence-electron chi connectivity index (χ3n) is 7.39. The second kappa shape index (κ2) is 13.6. The largest absolute Gasteiger partial charge is 0.507 e. The van der Waals surface area contributed by atoms with Crippen LogP contribution in [0.3, 0.4) is 0 Å². The molecule has 1 atom stereocenters. The summed E-state index contributed by atoms with van der Waals surface area (Å²) in [5.41, 5.74) is 1.10. The molecule has 0 aliphatic carbocycles. The average molecular weight is 540 g/mol. The number of ketones is 1. The molecule has 39 heavy (non-hydrogen) atoms. The summed E-state index contributed by atoms with van der Waals surface area (Å²) >= 11 is 0. The highest BCUT2D eigenvalue weighted by molar-refractivity contribution is 7.95. The maximum absolute atomic E-state index is 11.9. The van der Waals surface area contributed by atoms with E-state index < -0.39 is 7.26 Å². The first-order valence-electron chi connectivity index (χ1n) is 14.0. The minimum Gasteiger partial charge on any atom is -0.507 e. The van der Waals surface area contributed by atoms with Gasteiger partial charge in [0.05, 0.1) is 17.8 Å². The van der Waals surface area contributed by atoms with Crippen molar-refractivity contribution in [1.29, 1.82) is 0 Å². The minimum atomic E-state index is -1.82. The van der Waals surface area contributed by atoms with Gasteiger partial charge >= 0.3 is 0 Å². The van der Waals surface area contributed by atoms with E-state index in [0.717, 1.165) is 37.4 Å². The van der Waals surface area contributed by atoms with Crippen molar-refractivity contribution in [3.63, 3.8) is 0 Å². The van der Waals surface area contributed by atoms with Crippen molar-refractivity contribution in [2.24, 2.45) is 0 Å². The first kappa shape index (κ1) is 28.6. The molecule has 3 nitrogen and oxygen atoms in total. The molecule has 4 rings (SSSR count). The molecule has 0 aliphatic rings. The third-order valence-corrected chi connectivity index (χ3v) is 11.9. The maximum atomic E-state index is 11.9. The minimum absolute atomic E-state index is 0.00101. The van der Waals surface area contributed by atoms with E-state index in [1.807, 2.05) is 6.07 Å². The molecule has 0 aliphatic heterocycles. The number of phenolic OH excluding ortho intramolecular Hbond substituents is 1. The van der Waals surface area contributed by atoms with Gasteiger partial charge in [0.1, 0.15) is 34.7 Å². The molecular formula is C35H40O3P+. The van der Waals surface area contributed by atoms with Crippen LogP contribution in [-0.4, -0.2) is 23.2 Å². The SMILES string of the molecule is CCCc1c(OC(C)CCCC[P+](c2ccccc2)(c2ccccc2)c2ccccc2)ccc(C(C)=O)c1O. The topological polar surface area (TPSA) is 46.5 Å². The summed E-state index contributed by atoms with van der Waals surface area (Å²) in [5.74, 6) is 0.621. The normalized spacial score (nSPS) is 12.2. The fourth-order valence-electron chi connectivity index (χ4n) is 5.44. The summed E-state index contributed by atoms with van der Waals surface area (Å²) in [6, 6.07) is 36.6. The van der Waals surface area contributed by atoms with E-state index in [9.17, 15) is 9.90 Å². The van der Waals surface area contributed by atoms with Crippen LogP contribution in [0.15, 0.2) is 103 Å². The number of unbranched alkanes of at least 4 members (excludes halogenated alkanes) is 1. The van der Waals surface area contributed by atoms with Gasteiger partial charge in [-0.1, -0.05) is 67.9 Å². The van der Waals surface area contributed by atoms with Crippen LogP contribution in [0.1, 0.15) is 62.4 Å². The highest BCUT2D eigenvalue weighted by atomic mass is 31.2. The van der Waals surface area contributed by atoms with E-state index in [1.165, 1.54) is 22.8 Å². The highest BCUT2D eigenvalue weighted by Crippen LogP contribution is 2.56. The maximum Gasteiger partial charge on any atom is 0.163 e. The summed E-state index contributed by atoms with van der Waals surface area (Å²) < 4.78 is 6.34. The molecular weight excluding hydrogens is 499 g/mol. The van der Waals surface area contributed by atoms with Gasteiger partial charge in [-0.25, -0.2) is 0 Å². The second-order valence-electron chi connectivity index (χ2n) is 10.2. The van der Waals surface area contributed by atoms with Gasteiger partial charge in [-0.05, 0) is 88.1 Å². The van der Waals surface area contributed by atoms with Gasteiger partial charge < -0.3 is 9.84 Å². The molecule has 4 heteroatoms. The summed E-state index contributed by atoms with van der Waals surface area (Å²) in [6.45, 7) is 5.64. The lowest BCUT2D eigenvalue weighted by Gasteiger charge is -2.28. The molecule has 0 aromatic heterocycles. The Labute approximate surface area is 234 Å². The van der Waals surface area contributed by atoms with Crippen molar-refractivity contribution in [3.8, 4) is 11.5 Å². The number of benzene rings is 4. The van der Waals surface area contributed by atoms with Gasteiger partial charge in [0.2, 0.25) is 0 Å². The Balaban J connectivity index is 1.52. The van der Waals surface area contributed by atoms with Gasteiger partial charge in [0.25, 0.3) is 0 Å². The molecule has 0 bridgehead atoms. The van der Waals surface area contributed by atoms with Crippen LogP contribution in [-0.2, 0) is 6.42 Å². The summed E-state index contributed by atoms with van der Waals surface area (Å²) in [7, 11) is -1.82. The molecule has 1 N–H and O–H groups in total. The predicted molar refractivity (Wildman–Crippen MR) is 166 cm³/mol. The number of carbonyl (C=O) groups excluding carboxylic acids is 1. The smallest absolute Gasteiger partial charge is 0.163 e.